The monoisotopic (exact) mass is 348 g/mol. The fourth-order valence-electron chi connectivity index (χ4n) is 3.79. The third-order valence-corrected chi connectivity index (χ3v) is 5.19. The average molecular weight is 348 g/mol. The molecule has 2 fully saturated rings. The zero-order valence-electron chi connectivity index (χ0n) is 14.7. The van der Waals surface area contributed by atoms with Crippen molar-refractivity contribution in [1.29, 1.82) is 0 Å². The first-order valence-corrected chi connectivity index (χ1v) is 9.01. The van der Waals surface area contributed by atoms with Crippen molar-refractivity contribution < 1.29 is 18.7 Å². The van der Waals surface area contributed by atoms with Gasteiger partial charge < -0.3 is 14.5 Å². The van der Waals surface area contributed by atoms with Gasteiger partial charge in [0.15, 0.2) is 0 Å². The molecule has 0 aromatic heterocycles. The van der Waals surface area contributed by atoms with Crippen molar-refractivity contribution >= 4 is 11.8 Å². The van der Waals surface area contributed by atoms with Crippen LogP contribution in [-0.4, -0.2) is 54.9 Å². The highest BCUT2D eigenvalue weighted by molar-refractivity contribution is 5.97. The van der Waals surface area contributed by atoms with Crippen molar-refractivity contribution in [2.75, 3.05) is 33.3 Å². The Hall–Kier alpha value is -2.11. The van der Waals surface area contributed by atoms with Crippen LogP contribution in [0.5, 0.6) is 5.75 Å². The van der Waals surface area contributed by atoms with Crippen molar-refractivity contribution in [2.24, 2.45) is 5.92 Å². The second-order valence-corrected chi connectivity index (χ2v) is 6.80. The van der Waals surface area contributed by atoms with Crippen molar-refractivity contribution in [3.8, 4) is 5.75 Å². The van der Waals surface area contributed by atoms with E-state index in [9.17, 15) is 14.0 Å². The predicted octanol–water partition coefficient (Wildman–Crippen LogP) is 2.70. The number of carbonyl (C=O) groups excluding carboxylic acids is 2. The molecule has 1 saturated carbocycles. The largest absolute Gasteiger partial charge is 0.496 e. The lowest BCUT2D eigenvalue weighted by molar-refractivity contribution is -0.135. The van der Waals surface area contributed by atoms with Gasteiger partial charge in [0.2, 0.25) is 5.91 Å². The number of hydrogen-bond acceptors (Lipinski definition) is 3. The van der Waals surface area contributed by atoms with Gasteiger partial charge in [-0.25, -0.2) is 4.39 Å². The number of rotatable bonds is 3. The summed E-state index contributed by atoms with van der Waals surface area (Å²) >= 11 is 0. The van der Waals surface area contributed by atoms with E-state index < -0.39 is 5.82 Å². The second kappa shape index (κ2) is 7.85. The maximum atomic E-state index is 13.6. The molecule has 3 rings (SSSR count). The molecule has 25 heavy (non-hydrogen) atoms. The van der Waals surface area contributed by atoms with Crippen LogP contribution in [0.2, 0.25) is 0 Å². The Morgan fingerprint density at radius 1 is 1.04 bits per heavy atom. The first-order chi connectivity index (χ1) is 12.1. The topological polar surface area (TPSA) is 49.9 Å². The first-order valence-electron chi connectivity index (χ1n) is 9.01. The Kier molecular flexibility index (Phi) is 5.56. The highest BCUT2D eigenvalue weighted by Crippen LogP contribution is 2.27. The van der Waals surface area contributed by atoms with Crippen molar-refractivity contribution in [2.45, 2.75) is 32.1 Å². The van der Waals surface area contributed by atoms with Crippen LogP contribution in [-0.2, 0) is 4.79 Å². The van der Waals surface area contributed by atoms with E-state index in [0.29, 0.717) is 31.9 Å². The van der Waals surface area contributed by atoms with Crippen LogP contribution in [0, 0.1) is 11.7 Å². The van der Waals surface area contributed by atoms with E-state index in [2.05, 4.69) is 0 Å². The molecule has 1 aliphatic heterocycles. The molecule has 5 nitrogen and oxygen atoms in total. The van der Waals surface area contributed by atoms with Crippen LogP contribution in [0.25, 0.3) is 0 Å². The summed E-state index contributed by atoms with van der Waals surface area (Å²) in [6, 6.07) is 3.96. The third-order valence-electron chi connectivity index (χ3n) is 5.19. The van der Waals surface area contributed by atoms with Gasteiger partial charge in [0.25, 0.3) is 5.91 Å². The van der Waals surface area contributed by atoms with Gasteiger partial charge in [-0.1, -0.05) is 12.8 Å². The minimum Gasteiger partial charge on any atom is -0.496 e. The number of benzene rings is 1. The number of halogens is 1. The molecule has 1 aromatic carbocycles. The molecule has 1 aliphatic carbocycles. The van der Waals surface area contributed by atoms with E-state index in [0.717, 1.165) is 32.1 Å². The molecule has 2 amide bonds. The Bertz CT molecular complexity index is 644. The molecule has 0 radical (unpaired) electrons. The van der Waals surface area contributed by atoms with Crippen molar-refractivity contribution in [1.82, 2.24) is 9.80 Å². The molecule has 0 spiro atoms. The van der Waals surface area contributed by atoms with Crippen LogP contribution in [0.1, 0.15) is 42.5 Å². The molecule has 1 aromatic rings. The quantitative estimate of drug-likeness (QED) is 0.844. The Labute approximate surface area is 147 Å². The first kappa shape index (κ1) is 17.7. The molecule has 136 valence electrons. The zero-order chi connectivity index (χ0) is 17.8. The van der Waals surface area contributed by atoms with Gasteiger partial charge in [-0.3, -0.25) is 9.59 Å². The Morgan fingerprint density at radius 3 is 2.44 bits per heavy atom. The van der Waals surface area contributed by atoms with E-state index in [4.69, 9.17) is 4.74 Å². The van der Waals surface area contributed by atoms with Gasteiger partial charge in [-0.05, 0) is 37.5 Å². The molecular weight excluding hydrogens is 323 g/mol. The summed E-state index contributed by atoms with van der Waals surface area (Å²) in [4.78, 5) is 29.0. The van der Waals surface area contributed by atoms with Gasteiger partial charge in [0.1, 0.15) is 11.6 Å². The maximum Gasteiger partial charge on any atom is 0.257 e. The number of nitrogens with zero attached hydrogens (tertiary/aromatic N) is 2. The van der Waals surface area contributed by atoms with Crippen LogP contribution < -0.4 is 4.74 Å². The number of hydrogen-bond donors (Lipinski definition) is 0. The molecule has 0 atom stereocenters. The van der Waals surface area contributed by atoms with Crippen molar-refractivity contribution in [3.63, 3.8) is 0 Å². The van der Waals surface area contributed by atoms with E-state index >= 15 is 0 Å². The third kappa shape index (κ3) is 3.94. The summed E-state index contributed by atoms with van der Waals surface area (Å²) in [5, 5.41) is 0. The number of ether oxygens (including phenoxy) is 1. The molecule has 0 bridgehead atoms. The molecule has 1 heterocycles. The van der Waals surface area contributed by atoms with Crippen LogP contribution in [0.15, 0.2) is 18.2 Å². The summed E-state index contributed by atoms with van der Waals surface area (Å²) in [6.45, 7) is 2.25. The lowest BCUT2D eigenvalue weighted by Crippen LogP contribution is -2.39. The number of carbonyl (C=O) groups is 2. The fraction of sp³-hybridized carbons (Fsp3) is 0.579. The fourth-order valence-corrected chi connectivity index (χ4v) is 3.79. The summed E-state index contributed by atoms with van der Waals surface area (Å²) in [7, 11) is 1.47. The van der Waals surface area contributed by atoms with Crippen LogP contribution >= 0.6 is 0 Å². The lowest BCUT2D eigenvalue weighted by atomic mass is 10.1. The highest BCUT2D eigenvalue weighted by atomic mass is 19.1. The minimum absolute atomic E-state index is 0.158. The van der Waals surface area contributed by atoms with Crippen LogP contribution in [0.3, 0.4) is 0 Å². The predicted molar refractivity (Wildman–Crippen MR) is 92.0 cm³/mol. The van der Waals surface area contributed by atoms with E-state index in [-0.39, 0.29) is 23.3 Å². The van der Waals surface area contributed by atoms with Crippen LogP contribution in [0.4, 0.5) is 4.39 Å². The SMILES string of the molecule is COc1ccc(F)cc1C(=O)N1CCCN(C(=O)C2CCCC2)CC1. The summed E-state index contributed by atoms with van der Waals surface area (Å²) in [5.74, 6) is 0.0544. The lowest BCUT2D eigenvalue weighted by Gasteiger charge is -2.24. The van der Waals surface area contributed by atoms with Gasteiger partial charge in [0, 0.05) is 32.1 Å². The van der Waals surface area contributed by atoms with Gasteiger partial charge in [0.05, 0.1) is 12.7 Å². The Morgan fingerprint density at radius 2 is 1.72 bits per heavy atom. The zero-order valence-corrected chi connectivity index (χ0v) is 14.7. The highest BCUT2D eigenvalue weighted by Gasteiger charge is 2.30. The van der Waals surface area contributed by atoms with Crippen molar-refractivity contribution in [3.05, 3.63) is 29.6 Å². The molecule has 6 heteroatoms. The number of methoxy groups -OCH3 is 1. The minimum atomic E-state index is -0.461. The number of amides is 2. The van der Waals surface area contributed by atoms with E-state index in [1.165, 1.54) is 25.3 Å². The molecule has 0 unspecified atom stereocenters. The van der Waals surface area contributed by atoms with Gasteiger partial charge in [-0.15, -0.1) is 0 Å². The average Bonchev–Trinajstić information content (AvgIpc) is 3.05. The maximum absolute atomic E-state index is 13.6. The smallest absolute Gasteiger partial charge is 0.257 e. The van der Waals surface area contributed by atoms with Gasteiger partial charge >= 0.3 is 0 Å². The molecule has 0 N–H and O–H groups in total. The van der Waals surface area contributed by atoms with Gasteiger partial charge in [-0.2, -0.15) is 0 Å². The molecule has 1 saturated heterocycles. The Balaban J connectivity index is 1.67. The van der Waals surface area contributed by atoms with E-state index in [1.54, 1.807) is 4.90 Å². The summed E-state index contributed by atoms with van der Waals surface area (Å²) < 4.78 is 18.7. The summed E-state index contributed by atoms with van der Waals surface area (Å²) in [5.41, 5.74) is 0.234. The second-order valence-electron chi connectivity index (χ2n) is 6.80. The summed E-state index contributed by atoms with van der Waals surface area (Å²) in [6.07, 6.45) is 4.97. The molecular formula is C19H25FN2O3. The normalized spacial score (nSPS) is 19.0. The standard InChI is InChI=1S/C19H25FN2O3/c1-25-17-8-7-15(20)13-16(17)19(24)22-10-4-9-21(11-12-22)18(23)14-5-2-3-6-14/h7-8,13-14H,2-6,9-12H2,1H3. The van der Waals surface area contributed by atoms with E-state index in [1.807, 2.05) is 4.90 Å². The molecule has 2 aliphatic rings.